The number of rotatable bonds is 3. The van der Waals surface area contributed by atoms with Gasteiger partial charge in [-0.05, 0) is 32.1 Å². The molecule has 7 nitrogen and oxygen atoms in total. The SMILES string of the molecule is C=C[C@@]1(C)CC(=O)[C@]2(O)[C@@]3(C)CCCC(C)(C)[C@@H]3[C@H](OC(C)=O)[C@H](OC(C)=O)[C@@]2(C)O1. The Morgan fingerprint density at radius 1 is 1.10 bits per heavy atom. The first-order valence-electron chi connectivity index (χ1n) is 11.0. The van der Waals surface area contributed by atoms with Crippen LogP contribution in [0.4, 0.5) is 0 Å². The number of carbonyl (C=O) groups excluding carboxylic acids is 3. The summed E-state index contributed by atoms with van der Waals surface area (Å²) < 4.78 is 18.0. The second kappa shape index (κ2) is 7.14. The van der Waals surface area contributed by atoms with Gasteiger partial charge in [-0.25, -0.2) is 0 Å². The number of hydrogen-bond acceptors (Lipinski definition) is 7. The molecular weight excluding hydrogens is 400 g/mol. The molecule has 0 spiro atoms. The number of ketones is 1. The molecule has 3 rings (SSSR count). The topological polar surface area (TPSA) is 99.1 Å². The van der Waals surface area contributed by atoms with Crippen molar-refractivity contribution < 1.29 is 33.7 Å². The summed E-state index contributed by atoms with van der Waals surface area (Å²) in [6, 6.07) is 0. The number of aliphatic hydroxyl groups is 1. The monoisotopic (exact) mass is 436 g/mol. The van der Waals surface area contributed by atoms with Gasteiger partial charge in [0.05, 0.1) is 5.60 Å². The standard InChI is InChI=1S/C24H36O7/c1-9-21(6)13-16(27)24(28)22(7)12-10-11-20(4,5)18(22)17(29-14(2)25)19(30-15(3)26)23(24,8)31-21/h9,17-19,28H,1,10-13H2,2-8H3/t17-,18-,19-,21-,22-,23+,24-/m0/s1. The molecule has 174 valence electrons. The van der Waals surface area contributed by atoms with Crippen LogP contribution in [0, 0.1) is 16.7 Å². The van der Waals surface area contributed by atoms with Gasteiger partial charge in [0.25, 0.3) is 0 Å². The van der Waals surface area contributed by atoms with Crippen molar-refractivity contribution in [2.75, 3.05) is 0 Å². The van der Waals surface area contributed by atoms with Crippen molar-refractivity contribution in [2.24, 2.45) is 16.7 Å². The zero-order valence-corrected chi connectivity index (χ0v) is 19.7. The van der Waals surface area contributed by atoms with E-state index in [-0.39, 0.29) is 17.6 Å². The van der Waals surface area contributed by atoms with Crippen molar-refractivity contribution in [3.63, 3.8) is 0 Å². The van der Waals surface area contributed by atoms with Crippen LogP contribution < -0.4 is 0 Å². The van der Waals surface area contributed by atoms with Crippen LogP contribution in [0.2, 0.25) is 0 Å². The molecule has 0 unspecified atom stereocenters. The molecule has 3 aliphatic rings. The van der Waals surface area contributed by atoms with Crippen molar-refractivity contribution in [3.8, 4) is 0 Å². The van der Waals surface area contributed by atoms with E-state index in [0.717, 1.165) is 12.8 Å². The number of Topliss-reactive ketones (excluding diaryl/α,β-unsaturated/α-hetero) is 1. The van der Waals surface area contributed by atoms with Crippen molar-refractivity contribution in [3.05, 3.63) is 12.7 Å². The van der Waals surface area contributed by atoms with Crippen molar-refractivity contribution in [1.82, 2.24) is 0 Å². The summed E-state index contributed by atoms with van der Waals surface area (Å²) in [5.41, 5.74) is -6.00. The lowest BCUT2D eigenvalue weighted by molar-refractivity contribution is -0.358. The minimum absolute atomic E-state index is 0.0453. The molecule has 3 fully saturated rings. The number of hydrogen-bond donors (Lipinski definition) is 1. The third-order valence-electron chi connectivity index (χ3n) is 8.15. The molecule has 1 saturated heterocycles. The van der Waals surface area contributed by atoms with Crippen LogP contribution in [0.5, 0.6) is 0 Å². The van der Waals surface area contributed by atoms with Crippen LogP contribution in [0.25, 0.3) is 0 Å². The van der Waals surface area contributed by atoms with Crippen molar-refractivity contribution in [2.45, 2.75) is 103 Å². The fraction of sp³-hybridized carbons (Fsp3) is 0.792. The van der Waals surface area contributed by atoms with Gasteiger partial charge < -0.3 is 19.3 Å². The van der Waals surface area contributed by atoms with Gasteiger partial charge in [0.2, 0.25) is 0 Å². The average molecular weight is 437 g/mol. The Morgan fingerprint density at radius 2 is 1.68 bits per heavy atom. The first-order chi connectivity index (χ1) is 14.1. The maximum atomic E-state index is 13.7. The molecule has 2 aliphatic carbocycles. The zero-order valence-electron chi connectivity index (χ0n) is 19.7. The smallest absolute Gasteiger partial charge is 0.303 e. The summed E-state index contributed by atoms with van der Waals surface area (Å²) in [4.78, 5) is 38.1. The van der Waals surface area contributed by atoms with Crippen LogP contribution in [0.3, 0.4) is 0 Å². The predicted molar refractivity (Wildman–Crippen MR) is 113 cm³/mol. The Kier molecular flexibility index (Phi) is 5.51. The average Bonchev–Trinajstić information content (AvgIpc) is 2.61. The van der Waals surface area contributed by atoms with E-state index in [9.17, 15) is 19.5 Å². The van der Waals surface area contributed by atoms with Gasteiger partial charge in [0, 0.05) is 31.6 Å². The van der Waals surface area contributed by atoms with Crippen molar-refractivity contribution in [1.29, 1.82) is 0 Å². The van der Waals surface area contributed by atoms with Crippen LogP contribution in [-0.2, 0) is 28.6 Å². The summed E-state index contributed by atoms with van der Waals surface area (Å²) >= 11 is 0. The van der Waals surface area contributed by atoms with Crippen molar-refractivity contribution >= 4 is 17.7 Å². The van der Waals surface area contributed by atoms with E-state index in [1.807, 2.05) is 20.8 Å². The minimum atomic E-state index is -1.94. The third-order valence-corrected chi connectivity index (χ3v) is 8.15. The van der Waals surface area contributed by atoms with Gasteiger partial charge in [0.1, 0.15) is 11.7 Å². The Hall–Kier alpha value is -1.73. The number of ether oxygens (including phenoxy) is 3. The van der Waals surface area contributed by atoms with E-state index < -0.39 is 52.3 Å². The largest absolute Gasteiger partial charge is 0.458 e. The Bertz CT molecular complexity index is 819. The molecule has 1 aliphatic heterocycles. The molecule has 0 bridgehead atoms. The van der Waals surface area contributed by atoms with Crippen LogP contribution >= 0.6 is 0 Å². The van der Waals surface area contributed by atoms with E-state index in [1.54, 1.807) is 13.8 Å². The van der Waals surface area contributed by atoms with Gasteiger partial charge in [-0.3, -0.25) is 14.4 Å². The molecule has 31 heavy (non-hydrogen) atoms. The van der Waals surface area contributed by atoms with E-state index in [2.05, 4.69) is 6.58 Å². The summed E-state index contributed by atoms with van der Waals surface area (Å²) in [6.07, 6.45) is 1.61. The number of carbonyl (C=O) groups is 3. The summed E-state index contributed by atoms with van der Waals surface area (Å²) in [5.74, 6) is -1.92. The highest BCUT2D eigenvalue weighted by Crippen LogP contribution is 2.67. The highest BCUT2D eigenvalue weighted by molar-refractivity contribution is 5.92. The van der Waals surface area contributed by atoms with Crippen LogP contribution in [0.15, 0.2) is 12.7 Å². The molecule has 7 atom stereocenters. The highest BCUT2D eigenvalue weighted by Gasteiger charge is 2.80. The van der Waals surface area contributed by atoms with Gasteiger partial charge in [-0.2, -0.15) is 0 Å². The molecular formula is C24H36O7. The fourth-order valence-electron chi connectivity index (χ4n) is 7.05. The highest BCUT2D eigenvalue weighted by atomic mass is 16.6. The predicted octanol–water partition coefficient (Wildman–Crippen LogP) is 3.12. The molecule has 0 aromatic rings. The molecule has 2 saturated carbocycles. The summed E-state index contributed by atoms with van der Waals surface area (Å²) in [6.45, 7) is 15.7. The molecule has 1 heterocycles. The third kappa shape index (κ3) is 3.18. The molecule has 7 heteroatoms. The first-order valence-corrected chi connectivity index (χ1v) is 11.0. The quantitative estimate of drug-likeness (QED) is 0.536. The normalized spacial score (nSPS) is 46.3. The fourth-order valence-corrected chi connectivity index (χ4v) is 7.05. The van der Waals surface area contributed by atoms with Crippen LogP contribution in [-0.4, -0.2) is 51.8 Å². The first kappa shape index (κ1) is 23.9. The van der Waals surface area contributed by atoms with Gasteiger partial charge >= 0.3 is 11.9 Å². The van der Waals surface area contributed by atoms with E-state index in [0.29, 0.717) is 6.42 Å². The number of fused-ring (bicyclic) bond motifs is 3. The van der Waals surface area contributed by atoms with E-state index >= 15 is 0 Å². The second-order valence-electron chi connectivity index (χ2n) is 10.9. The minimum Gasteiger partial charge on any atom is -0.458 e. The maximum absolute atomic E-state index is 13.7. The second-order valence-corrected chi connectivity index (χ2v) is 10.9. The zero-order chi connectivity index (χ0) is 23.6. The molecule has 0 aromatic carbocycles. The molecule has 0 radical (unpaired) electrons. The lowest BCUT2D eigenvalue weighted by Gasteiger charge is -2.70. The molecule has 1 N–H and O–H groups in total. The molecule has 0 aromatic heterocycles. The Morgan fingerprint density at radius 3 is 2.19 bits per heavy atom. The summed E-state index contributed by atoms with van der Waals surface area (Å²) in [7, 11) is 0. The lowest BCUT2D eigenvalue weighted by Crippen LogP contribution is -2.85. The van der Waals surface area contributed by atoms with Gasteiger partial charge in [0.15, 0.2) is 17.5 Å². The lowest BCUT2D eigenvalue weighted by atomic mass is 9.40. The molecule has 0 amide bonds. The summed E-state index contributed by atoms with van der Waals surface area (Å²) in [5, 5.41) is 12.3. The maximum Gasteiger partial charge on any atom is 0.303 e. The van der Waals surface area contributed by atoms with E-state index in [1.165, 1.54) is 19.9 Å². The van der Waals surface area contributed by atoms with Gasteiger partial charge in [-0.15, -0.1) is 6.58 Å². The van der Waals surface area contributed by atoms with Crippen LogP contribution in [0.1, 0.15) is 74.1 Å². The Balaban J connectivity index is 2.34. The Labute approximate surface area is 184 Å². The number of esters is 2. The van der Waals surface area contributed by atoms with Gasteiger partial charge in [-0.1, -0.05) is 33.3 Å². The van der Waals surface area contributed by atoms with E-state index in [4.69, 9.17) is 14.2 Å².